The molecule has 4 heterocycles. The van der Waals surface area contributed by atoms with Gasteiger partial charge >= 0.3 is 0 Å². The van der Waals surface area contributed by atoms with E-state index in [1.807, 2.05) is 16.7 Å². The lowest BCUT2D eigenvalue weighted by atomic mass is 10.0. The molecule has 8 heteroatoms. The number of hydrogen-bond donors (Lipinski definition) is 2. The highest BCUT2D eigenvalue weighted by molar-refractivity contribution is 5.85. The standard InChI is InChI=1S/C27H25F2N5O/c1-27(2)7-5-19-12-23(35)24-20(28)10-17(11-22(24)34(19)27)25-21(29)14-31-26(33-25)32-18-4-3-16-13-30-8-6-15(16)9-18/h3-4,9-12,14,30H,5-8,13H2,1-2H3,(H,31,32,33). The molecule has 2 N–H and O–H groups in total. The van der Waals surface area contributed by atoms with Gasteiger partial charge in [-0.05, 0) is 75.0 Å². The Kier molecular flexibility index (Phi) is 4.96. The van der Waals surface area contributed by atoms with Crippen LogP contribution in [0.3, 0.4) is 0 Å². The van der Waals surface area contributed by atoms with Gasteiger partial charge in [-0.1, -0.05) is 6.07 Å². The number of rotatable bonds is 3. The molecule has 6 nitrogen and oxygen atoms in total. The average Bonchev–Trinajstić information content (AvgIpc) is 3.14. The summed E-state index contributed by atoms with van der Waals surface area (Å²) in [6.45, 7) is 5.87. The van der Waals surface area contributed by atoms with Crippen LogP contribution in [0.4, 0.5) is 20.4 Å². The Labute approximate surface area is 201 Å². The smallest absolute Gasteiger partial charge is 0.227 e. The van der Waals surface area contributed by atoms with E-state index >= 15 is 4.39 Å². The number of pyridine rings is 1. The van der Waals surface area contributed by atoms with Crippen molar-refractivity contribution in [2.24, 2.45) is 0 Å². The number of nitrogens with one attached hydrogen (secondary N) is 2. The van der Waals surface area contributed by atoms with E-state index in [9.17, 15) is 9.18 Å². The zero-order chi connectivity index (χ0) is 24.3. The molecule has 0 saturated carbocycles. The maximum atomic E-state index is 15.3. The summed E-state index contributed by atoms with van der Waals surface area (Å²) in [5, 5.41) is 6.51. The van der Waals surface area contributed by atoms with Crippen LogP contribution in [-0.4, -0.2) is 21.1 Å². The molecule has 0 fully saturated rings. The predicted molar refractivity (Wildman–Crippen MR) is 132 cm³/mol. The molecule has 4 aromatic rings. The second-order valence-electron chi connectivity index (χ2n) is 9.93. The van der Waals surface area contributed by atoms with Crippen LogP contribution < -0.4 is 16.1 Å². The molecule has 0 spiro atoms. The maximum absolute atomic E-state index is 15.3. The number of halogens is 2. The fourth-order valence-electron chi connectivity index (χ4n) is 5.35. The molecular weight excluding hydrogens is 448 g/mol. The van der Waals surface area contributed by atoms with Gasteiger partial charge in [-0.3, -0.25) is 4.79 Å². The third-order valence-corrected chi connectivity index (χ3v) is 7.11. The largest absolute Gasteiger partial charge is 0.339 e. The van der Waals surface area contributed by atoms with E-state index in [0.29, 0.717) is 5.52 Å². The van der Waals surface area contributed by atoms with Crippen LogP contribution in [0.25, 0.3) is 22.2 Å². The minimum absolute atomic E-state index is 0.0174. The van der Waals surface area contributed by atoms with Crippen molar-refractivity contribution in [3.63, 3.8) is 0 Å². The summed E-state index contributed by atoms with van der Waals surface area (Å²) in [7, 11) is 0. The molecule has 35 heavy (non-hydrogen) atoms. The second kappa shape index (κ2) is 7.95. The van der Waals surface area contributed by atoms with Crippen LogP contribution >= 0.6 is 0 Å². The van der Waals surface area contributed by atoms with Gasteiger partial charge in [0.2, 0.25) is 5.95 Å². The molecule has 0 radical (unpaired) electrons. The monoisotopic (exact) mass is 473 g/mol. The van der Waals surface area contributed by atoms with Crippen molar-refractivity contribution < 1.29 is 8.78 Å². The first-order valence-corrected chi connectivity index (χ1v) is 11.8. The zero-order valence-electron chi connectivity index (χ0n) is 19.6. The summed E-state index contributed by atoms with van der Waals surface area (Å²) in [6, 6.07) is 10.4. The van der Waals surface area contributed by atoms with E-state index < -0.39 is 11.6 Å². The first kappa shape index (κ1) is 21.9. The van der Waals surface area contributed by atoms with Crippen LogP contribution in [0.2, 0.25) is 0 Å². The topological polar surface area (TPSA) is 71.8 Å². The fraction of sp³-hybridized carbons (Fsp3) is 0.296. The van der Waals surface area contributed by atoms with Crippen molar-refractivity contribution in [1.29, 1.82) is 0 Å². The Morgan fingerprint density at radius 3 is 2.77 bits per heavy atom. The third-order valence-electron chi connectivity index (χ3n) is 7.11. The van der Waals surface area contributed by atoms with Gasteiger partial charge in [-0.2, -0.15) is 0 Å². The highest BCUT2D eigenvalue weighted by Crippen LogP contribution is 2.36. The SMILES string of the molecule is CC1(C)CCc2cc(=O)c3c(F)cc(-c4nc(Nc5ccc6c(c5)CCNC6)ncc4F)cc3n21. The molecule has 0 saturated heterocycles. The second-order valence-corrected chi connectivity index (χ2v) is 9.93. The summed E-state index contributed by atoms with van der Waals surface area (Å²) < 4.78 is 32.2. The van der Waals surface area contributed by atoms with Gasteiger partial charge in [-0.15, -0.1) is 0 Å². The molecule has 0 aliphatic carbocycles. The van der Waals surface area contributed by atoms with Gasteiger partial charge in [0.25, 0.3) is 0 Å². The van der Waals surface area contributed by atoms with Gasteiger partial charge in [0.05, 0.1) is 17.1 Å². The number of anilines is 2. The molecule has 178 valence electrons. The average molecular weight is 474 g/mol. The minimum Gasteiger partial charge on any atom is -0.339 e. The number of nitrogens with zero attached hydrogens (tertiary/aromatic N) is 3. The van der Waals surface area contributed by atoms with E-state index in [0.717, 1.165) is 49.9 Å². The van der Waals surface area contributed by atoms with Crippen molar-refractivity contribution in [1.82, 2.24) is 19.9 Å². The lowest BCUT2D eigenvalue weighted by molar-refractivity contribution is 0.386. The highest BCUT2D eigenvalue weighted by atomic mass is 19.1. The Bertz CT molecular complexity index is 1560. The molecule has 0 bridgehead atoms. The predicted octanol–water partition coefficient (Wildman–Crippen LogP) is 4.81. The molecule has 0 unspecified atom stereocenters. The molecule has 2 aromatic carbocycles. The van der Waals surface area contributed by atoms with E-state index in [-0.39, 0.29) is 33.6 Å². The van der Waals surface area contributed by atoms with Gasteiger partial charge in [0.15, 0.2) is 11.2 Å². The van der Waals surface area contributed by atoms with E-state index in [1.54, 1.807) is 6.07 Å². The lowest BCUT2D eigenvalue weighted by Crippen LogP contribution is -2.24. The number of aromatic nitrogens is 3. The first-order valence-electron chi connectivity index (χ1n) is 11.8. The Balaban J connectivity index is 1.45. The molecular formula is C27H25F2N5O. The number of aryl methyl sites for hydroxylation is 1. The van der Waals surface area contributed by atoms with Gasteiger partial charge in [0.1, 0.15) is 11.5 Å². The normalized spacial score (nSPS) is 16.2. The quantitative estimate of drug-likeness (QED) is 0.447. The maximum Gasteiger partial charge on any atom is 0.227 e. The Morgan fingerprint density at radius 1 is 1.06 bits per heavy atom. The third kappa shape index (κ3) is 3.69. The number of fused-ring (bicyclic) bond motifs is 4. The van der Waals surface area contributed by atoms with Crippen LogP contribution in [-0.2, 0) is 24.9 Å². The van der Waals surface area contributed by atoms with E-state index in [2.05, 4.69) is 40.5 Å². The number of benzene rings is 2. The highest BCUT2D eigenvalue weighted by Gasteiger charge is 2.31. The molecule has 6 rings (SSSR count). The Hall–Kier alpha value is -3.65. The zero-order valence-corrected chi connectivity index (χ0v) is 19.6. The van der Waals surface area contributed by atoms with Crippen LogP contribution in [0.5, 0.6) is 0 Å². The molecule has 0 amide bonds. The van der Waals surface area contributed by atoms with E-state index in [1.165, 1.54) is 23.3 Å². The van der Waals surface area contributed by atoms with Crippen molar-refractivity contribution in [2.75, 3.05) is 11.9 Å². The van der Waals surface area contributed by atoms with Crippen molar-refractivity contribution in [2.45, 2.75) is 45.2 Å². The van der Waals surface area contributed by atoms with Gasteiger partial charge in [-0.25, -0.2) is 18.7 Å². The van der Waals surface area contributed by atoms with Crippen molar-refractivity contribution in [3.8, 4) is 11.3 Å². The lowest BCUT2D eigenvalue weighted by Gasteiger charge is -2.25. The summed E-state index contributed by atoms with van der Waals surface area (Å²) in [5.74, 6) is -1.13. The minimum atomic E-state index is -0.684. The Morgan fingerprint density at radius 2 is 1.91 bits per heavy atom. The molecule has 2 aromatic heterocycles. The summed E-state index contributed by atoms with van der Waals surface area (Å²) in [5.41, 5.74) is 4.21. The summed E-state index contributed by atoms with van der Waals surface area (Å²) in [4.78, 5) is 21.2. The summed E-state index contributed by atoms with van der Waals surface area (Å²) in [6.07, 6.45) is 3.58. The van der Waals surface area contributed by atoms with Gasteiger partial charge in [0, 0.05) is 35.1 Å². The van der Waals surface area contributed by atoms with Crippen molar-refractivity contribution in [3.05, 3.63) is 81.3 Å². The molecule has 2 aliphatic heterocycles. The fourth-order valence-corrected chi connectivity index (χ4v) is 5.35. The molecule has 0 atom stereocenters. The summed E-state index contributed by atoms with van der Waals surface area (Å²) >= 11 is 0. The van der Waals surface area contributed by atoms with Crippen LogP contribution in [0.1, 0.15) is 37.1 Å². The van der Waals surface area contributed by atoms with Crippen molar-refractivity contribution >= 4 is 22.5 Å². The van der Waals surface area contributed by atoms with E-state index in [4.69, 9.17) is 0 Å². The van der Waals surface area contributed by atoms with Crippen LogP contribution in [0, 0.1) is 11.6 Å². The number of hydrogen-bond acceptors (Lipinski definition) is 5. The molecule has 2 aliphatic rings. The van der Waals surface area contributed by atoms with Gasteiger partial charge < -0.3 is 15.2 Å². The van der Waals surface area contributed by atoms with Crippen LogP contribution in [0.15, 0.2) is 47.4 Å². The first-order chi connectivity index (χ1) is 16.8.